The molecule has 2 heterocycles. The highest BCUT2D eigenvalue weighted by molar-refractivity contribution is 5.00. The molecule has 2 fully saturated rings. The highest BCUT2D eigenvalue weighted by Gasteiger charge is 2.48. The van der Waals surface area contributed by atoms with E-state index in [2.05, 4.69) is 32.6 Å². The van der Waals surface area contributed by atoms with Gasteiger partial charge < -0.3 is 10.5 Å². The molecule has 1 unspecified atom stereocenters. The zero-order chi connectivity index (χ0) is 12.0. The van der Waals surface area contributed by atoms with Gasteiger partial charge in [-0.15, -0.1) is 0 Å². The zero-order valence-electron chi connectivity index (χ0n) is 11.1. The van der Waals surface area contributed by atoms with Crippen LogP contribution in [0.2, 0.25) is 0 Å². The van der Waals surface area contributed by atoms with Gasteiger partial charge >= 0.3 is 0 Å². The summed E-state index contributed by atoms with van der Waals surface area (Å²) in [6, 6.07) is 0.963. The Hall–Kier alpha value is -0.120. The third-order valence-electron chi connectivity index (χ3n) is 4.04. The lowest BCUT2D eigenvalue weighted by atomic mass is 9.91. The van der Waals surface area contributed by atoms with Gasteiger partial charge in [0.05, 0.1) is 11.2 Å². The van der Waals surface area contributed by atoms with Gasteiger partial charge in [0.25, 0.3) is 0 Å². The van der Waals surface area contributed by atoms with Gasteiger partial charge in [-0.05, 0) is 47.0 Å². The molecule has 0 aromatic rings. The minimum atomic E-state index is -0.0229. The van der Waals surface area contributed by atoms with Crippen molar-refractivity contribution in [3.8, 4) is 0 Å². The summed E-state index contributed by atoms with van der Waals surface area (Å²) in [5.41, 5.74) is 5.96. The Morgan fingerprint density at radius 1 is 1.12 bits per heavy atom. The number of nitrogens with zero attached hydrogens (tertiary/aromatic N) is 1. The van der Waals surface area contributed by atoms with Crippen molar-refractivity contribution in [3.63, 3.8) is 0 Å². The van der Waals surface area contributed by atoms with Gasteiger partial charge in [0.2, 0.25) is 0 Å². The molecule has 3 nitrogen and oxygen atoms in total. The normalized spacial score (nSPS) is 35.4. The Morgan fingerprint density at radius 3 is 2.12 bits per heavy atom. The van der Waals surface area contributed by atoms with Crippen LogP contribution in [0.5, 0.6) is 0 Å². The van der Waals surface area contributed by atoms with Crippen LogP contribution in [0, 0.1) is 0 Å². The van der Waals surface area contributed by atoms with Gasteiger partial charge in [-0.25, -0.2) is 0 Å². The molecule has 2 saturated heterocycles. The van der Waals surface area contributed by atoms with Crippen LogP contribution < -0.4 is 5.73 Å². The van der Waals surface area contributed by atoms with Gasteiger partial charge in [0.1, 0.15) is 0 Å². The number of hydrogen-bond acceptors (Lipinski definition) is 3. The van der Waals surface area contributed by atoms with E-state index in [1.165, 1.54) is 0 Å². The summed E-state index contributed by atoms with van der Waals surface area (Å²) < 4.78 is 6.16. The van der Waals surface area contributed by atoms with Crippen molar-refractivity contribution >= 4 is 0 Å². The highest BCUT2D eigenvalue weighted by Crippen LogP contribution is 2.40. The quantitative estimate of drug-likeness (QED) is 0.740. The molecule has 0 radical (unpaired) electrons. The summed E-state index contributed by atoms with van der Waals surface area (Å²) in [6.45, 7) is 11.1. The van der Waals surface area contributed by atoms with Gasteiger partial charge in [0, 0.05) is 25.2 Å². The fourth-order valence-corrected chi connectivity index (χ4v) is 3.33. The number of nitrogens with two attached hydrogens (primary N) is 1. The maximum atomic E-state index is 6.16. The van der Waals surface area contributed by atoms with E-state index in [-0.39, 0.29) is 11.2 Å². The molecule has 0 aromatic carbocycles. The van der Waals surface area contributed by atoms with Crippen LogP contribution >= 0.6 is 0 Å². The van der Waals surface area contributed by atoms with E-state index in [0.717, 1.165) is 32.4 Å². The topological polar surface area (TPSA) is 38.5 Å². The first-order valence-corrected chi connectivity index (χ1v) is 6.50. The lowest BCUT2D eigenvalue weighted by Gasteiger charge is -2.39. The van der Waals surface area contributed by atoms with Crippen LogP contribution in [0.1, 0.15) is 47.0 Å². The molecule has 3 heteroatoms. The number of hydrogen-bond donors (Lipinski definition) is 1. The molecule has 2 N–H and O–H groups in total. The van der Waals surface area contributed by atoms with Gasteiger partial charge in [-0.2, -0.15) is 0 Å². The van der Waals surface area contributed by atoms with E-state index in [0.29, 0.717) is 12.1 Å². The van der Waals surface area contributed by atoms with Crippen molar-refractivity contribution < 1.29 is 4.74 Å². The lowest BCUT2D eigenvalue weighted by Crippen LogP contribution is -2.51. The number of rotatable bonds is 1. The Balaban J connectivity index is 2.04. The van der Waals surface area contributed by atoms with E-state index in [9.17, 15) is 0 Å². The third-order valence-corrected chi connectivity index (χ3v) is 4.04. The van der Waals surface area contributed by atoms with Crippen molar-refractivity contribution in [2.45, 2.75) is 70.2 Å². The number of ether oxygens (including phenoxy) is 1. The first-order valence-electron chi connectivity index (χ1n) is 6.50. The largest absolute Gasteiger partial charge is 0.368 e. The smallest absolute Gasteiger partial charge is 0.0789 e. The second kappa shape index (κ2) is 3.97. The van der Waals surface area contributed by atoms with Gasteiger partial charge in [0.15, 0.2) is 0 Å². The predicted octanol–water partition coefficient (Wildman–Crippen LogP) is 1.76. The van der Waals surface area contributed by atoms with Gasteiger partial charge in [-0.1, -0.05) is 0 Å². The van der Waals surface area contributed by atoms with Crippen LogP contribution in [0.4, 0.5) is 0 Å². The van der Waals surface area contributed by atoms with Crippen molar-refractivity contribution in [2.24, 2.45) is 5.73 Å². The molecule has 0 bridgehead atoms. The molecule has 0 saturated carbocycles. The molecular weight excluding hydrogens is 200 g/mol. The fourth-order valence-electron chi connectivity index (χ4n) is 3.33. The first-order chi connectivity index (χ1) is 7.30. The second-order valence-electron chi connectivity index (χ2n) is 6.56. The van der Waals surface area contributed by atoms with Crippen LogP contribution in [0.25, 0.3) is 0 Å². The molecule has 2 rings (SSSR count). The average molecular weight is 226 g/mol. The van der Waals surface area contributed by atoms with Crippen molar-refractivity contribution in [1.82, 2.24) is 4.90 Å². The van der Waals surface area contributed by atoms with Gasteiger partial charge in [-0.3, -0.25) is 4.90 Å². The number of likely N-dealkylation sites (tertiary alicyclic amines) is 1. The molecule has 2 aliphatic heterocycles. The zero-order valence-corrected chi connectivity index (χ0v) is 11.1. The van der Waals surface area contributed by atoms with E-state index in [1.54, 1.807) is 0 Å². The summed E-state index contributed by atoms with van der Waals surface area (Å²) in [5, 5.41) is 0. The second-order valence-corrected chi connectivity index (χ2v) is 6.56. The monoisotopic (exact) mass is 226 g/mol. The van der Waals surface area contributed by atoms with Crippen LogP contribution in [0.15, 0.2) is 0 Å². The molecular formula is C13H26N2O. The van der Waals surface area contributed by atoms with E-state index in [4.69, 9.17) is 10.5 Å². The highest BCUT2D eigenvalue weighted by atomic mass is 16.5. The van der Waals surface area contributed by atoms with Crippen molar-refractivity contribution in [3.05, 3.63) is 0 Å². The fraction of sp³-hybridized carbons (Fsp3) is 1.00. The maximum Gasteiger partial charge on any atom is 0.0789 e. The minimum absolute atomic E-state index is 0.0216. The maximum absolute atomic E-state index is 6.16. The molecule has 94 valence electrons. The first kappa shape index (κ1) is 12.3. The molecule has 0 spiro atoms. The van der Waals surface area contributed by atoms with Crippen LogP contribution in [-0.4, -0.2) is 41.3 Å². The molecule has 2 aliphatic rings. The molecule has 16 heavy (non-hydrogen) atoms. The molecule has 1 atom stereocenters. The standard InChI is InChI=1S/C13H26N2O/c1-12(2)9-11(13(3,4)16-12)15-7-5-10(14)6-8-15/h10-11H,5-9,14H2,1-4H3. The summed E-state index contributed by atoms with van der Waals surface area (Å²) >= 11 is 0. The van der Waals surface area contributed by atoms with Crippen molar-refractivity contribution in [2.75, 3.05) is 13.1 Å². The molecule has 0 aromatic heterocycles. The van der Waals surface area contributed by atoms with E-state index in [1.807, 2.05) is 0 Å². The Morgan fingerprint density at radius 2 is 1.69 bits per heavy atom. The lowest BCUT2D eigenvalue weighted by molar-refractivity contribution is -0.0820. The van der Waals surface area contributed by atoms with E-state index < -0.39 is 0 Å². The average Bonchev–Trinajstić information content (AvgIpc) is 2.35. The van der Waals surface area contributed by atoms with Crippen LogP contribution in [0.3, 0.4) is 0 Å². The minimum Gasteiger partial charge on any atom is -0.368 e. The Bertz CT molecular complexity index is 255. The summed E-state index contributed by atoms with van der Waals surface area (Å²) in [5.74, 6) is 0. The molecule has 0 amide bonds. The summed E-state index contributed by atoms with van der Waals surface area (Å²) in [7, 11) is 0. The van der Waals surface area contributed by atoms with Crippen LogP contribution in [-0.2, 0) is 4.74 Å². The van der Waals surface area contributed by atoms with Crippen molar-refractivity contribution in [1.29, 1.82) is 0 Å². The predicted molar refractivity (Wildman–Crippen MR) is 66.4 cm³/mol. The Labute approximate surface area is 99.3 Å². The third kappa shape index (κ3) is 2.41. The summed E-state index contributed by atoms with van der Waals surface area (Å²) in [6.07, 6.45) is 3.40. The molecule has 0 aliphatic carbocycles. The number of piperidine rings is 1. The summed E-state index contributed by atoms with van der Waals surface area (Å²) in [4.78, 5) is 2.58. The SMILES string of the molecule is CC1(C)CC(N2CCC(N)CC2)C(C)(C)O1. The Kier molecular flexibility index (Phi) is 3.06. The van der Waals surface area contributed by atoms with E-state index >= 15 is 0 Å².